The van der Waals surface area contributed by atoms with Gasteiger partial charge in [-0.3, -0.25) is 4.79 Å². The SMILES string of the molecule is CC(C)=C(C=O)c1cc([SH2+])ccc1N. The third-order valence-electron chi connectivity index (χ3n) is 2.00. The van der Waals surface area contributed by atoms with Crippen LogP contribution in [0.5, 0.6) is 0 Å². The Bertz CT molecular complexity index is 392. The molecule has 14 heavy (non-hydrogen) atoms. The van der Waals surface area contributed by atoms with Gasteiger partial charge in [0.25, 0.3) is 0 Å². The molecule has 0 amide bonds. The van der Waals surface area contributed by atoms with Crippen LogP contribution in [0.15, 0.2) is 28.7 Å². The summed E-state index contributed by atoms with van der Waals surface area (Å²) in [6, 6.07) is 5.48. The van der Waals surface area contributed by atoms with Crippen LogP contribution in [0.3, 0.4) is 0 Å². The van der Waals surface area contributed by atoms with Gasteiger partial charge in [-0.25, -0.2) is 0 Å². The zero-order valence-electron chi connectivity index (χ0n) is 8.29. The first-order valence-electron chi connectivity index (χ1n) is 4.30. The lowest BCUT2D eigenvalue weighted by Gasteiger charge is -2.06. The zero-order valence-corrected chi connectivity index (χ0v) is 9.29. The third-order valence-corrected chi connectivity index (χ3v) is 2.31. The van der Waals surface area contributed by atoms with Crippen molar-refractivity contribution in [3.8, 4) is 0 Å². The molecule has 0 aromatic heterocycles. The van der Waals surface area contributed by atoms with Crippen molar-refractivity contribution >= 4 is 30.2 Å². The van der Waals surface area contributed by atoms with E-state index in [0.29, 0.717) is 11.3 Å². The van der Waals surface area contributed by atoms with Crippen molar-refractivity contribution in [3.05, 3.63) is 29.3 Å². The van der Waals surface area contributed by atoms with Gasteiger partial charge in [-0.2, -0.15) is 0 Å². The molecule has 0 saturated carbocycles. The van der Waals surface area contributed by atoms with Gasteiger partial charge in [0.2, 0.25) is 0 Å². The largest absolute Gasteiger partial charge is 0.398 e. The molecule has 0 bridgehead atoms. The molecule has 0 heterocycles. The minimum absolute atomic E-state index is 0.621. The summed E-state index contributed by atoms with van der Waals surface area (Å²) in [5, 5.41) is 0. The monoisotopic (exact) mass is 208 g/mol. The second-order valence-electron chi connectivity index (χ2n) is 3.33. The number of benzene rings is 1. The molecule has 3 heteroatoms. The molecular formula is C11H14NOS+. The quantitative estimate of drug-likeness (QED) is 0.347. The molecule has 0 aliphatic carbocycles. The summed E-state index contributed by atoms with van der Waals surface area (Å²) in [6.07, 6.45) is 0.840. The van der Waals surface area contributed by atoms with E-state index in [4.69, 9.17) is 5.73 Å². The average Bonchev–Trinajstić information content (AvgIpc) is 2.11. The maximum absolute atomic E-state index is 10.9. The second-order valence-corrected chi connectivity index (χ2v) is 3.91. The molecule has 0 aliphatic heterocycles. The molecule has 0 aliphatic rings. The van der Waals surface area contributed by atoms with E-state index in [2.05, 4.69) is 12.6 Å². The van der Waals surface area contributed by atoms with Gasteiger partial charge in [-0.15, -0.1) is 0 Å². The van der Waals surface area contributed by atoms with E-state index in [-0.39, 0.29) is 0 Å². The van der Waals surface area contributed by atoms with Crippen LogP contribution in [-0.4, -0.2) is 6.29 Å². The molecule has 74 valence electrons. The topological polar surface area (TPSA) is 43.1 Å². The van der Waals surface area contributed by atoms with Crippen LogP contribution in [0.25, 0.3) is 5.57 Å². The van der Waals surface area contributed by atoms with Crippen LogP contribution in [0.1, 0.15) is 19.4 Å². The Morgan fingerprint density at radius 3 is 2.57 bits per heavy atom. The van der Waals surface area contributed by atoms with E-state index in [9.17, 15) is 4.79 Å². The maximum atomic E-state index is 10.9. The number of anilines is 1. The molecule has 0 fully saturated rings. The van der Waals surface area contributed by atoms with E-state index >= 15 is 0 Å². The van der Waals surface area contributed by atoms with Crippen LogP contribution < -0.4 is 5.73 Å². The third kappa shape index (κ3) is 2.17. The molecule has 0 atom stereocenters. The Labute approximate surface area is 89.2 Å². The zero-order chi connectivity index (χ0) is 10.7. The van der Waals surface area contributed by atoms with Crippen molar-refractivity contribution in [2.24, 2.45) is 0 Å². The van der Waals surface area contributed by atoms with Gasteiger partial charge in [0.15, 0.2) is 11.2 Å². The maximum Gasteiger partial charge on any atom is 0.151 e. The van der Waals surface area contributed by atoms with Crippen molar-refractivity contribution in [3.63, 3.8) is 0 Å². The number of rotatable bonds is 2. The fraction of sp³-hybridized carbons (Fsp3) is 0.182. The van der Waals surface area contributed by atoms with Gasteiger partial charge in [-0.1, -0.05) is 5.57 Å². The highest BCUT2D eigenvalue weighted by Crippen LogP contribution is 2.23. The molecule has 1 aromatic carbocycles. The number of nitrogens with two attached hydrogens (primary N) is 1. The van der Waals surface area contributed by atoms with Crippen LogP contribution in [0.4, 0.5) is 5.69 Å². The standard InChI is InChI=1S/C11H13NOS/c1-7(2)10(6-13)9-5-8(14)3-4-11(9)12/h3-6,14H,12H2,1-2H3/p+1. The predicted octanol–water partition coefficient (Wildman–Crippen LogP) is 1.63. The summed E-state index contributed by atoms with van der Waals surface area (Å²) in [6.45, 7) is 3.78. The number of aldehydes is 1. The molecule has 0 radical (unpaired) electrons. The molecule has 2 N–H and O–H groups in total. The molecule has 1 rings (SSSR count). The van der Waals surface area contributed by atoms with Gasteiger partial charge in [0.1, 0.15) is 0 Å². The summed E-state index contributed by atoms with van der Waals surface area (Å²) in [7, 11) is 0. The van der Waals surface area contributed by atoms with Gasteiger partial charge >= 0.3 is 0 Å². The van der Waals surface area contributed by atoms with Crippen molar-refractivity contribution in [1.82, 2.24) is 0 Å². The van der Waals surface area contributed by atoms with Crippen molar-refractivity contribution in [2.45, 2.75) is 18.7 Å². The Morgan fingerprint density at radius 1 is 1.43 bits per heavy atom. The lowest BCUT2D eigenvalue weighted by Crippen LogP contribution is -1.96. The minimum Gasteiger partial charge on any atom is -0.398 e. The minimum atomic E-state index is 0.621. The van der Waals surface area contributed by atoms with Gasteiger partial charge in [0.05, 0.1) is 0 Å². The van der Waals surface area contributed by atoms with Crippen molar-refractivity contribution in [2.75, 3.05) is 5.73 Å². The van der Waals surface area contributed by atoms with Crippen molar-refractivity contribution in [1.29, 1.82) is 0 Å². The number of hydrogen-bond acceptors (Lipinski definition) is 2. The summed E-state index contributed by atoms with van der Waals surface area (Å²) in [5.41, 5.74) is 8.81. The van der Waals surface area contributed by atoms with E-state index in [1.165, 1.54) is 0 Å². The highest BCUT2D eigenvalue weighted by Gasteiger charge is 2.08. The smallest absolute Gasteiger partial charge is 0.151 e. The number of allylic oxidation sites excluding steroid dienone is 2. The van der Waals surface area contributed by atoms with Crippen LogP contribution in [0, 0.1) is 0 Å². The number of hydrogen-bond donors (Lipinski definition) is 1. The summed E-state index contributed by atoms with van der Waals surface area (Å²) >= 11 is 3.40. The number of carbonyl (C=O) groups excluding carboxylic acids is 1. The van der Waals surface area contributed by atoms with Gasteiger partial charge in [0, 0.05) is 22.9 Å². The average molecular weight is 208 g/mol. The first-order valence-corrected chi connectivity index (χ1v) is 4.80. The first kappa shape index (κ1) is 10.9. The Hall–Kier alpha value is -1.22. The van der Waals surface area contributed by atoms with Crippen LogP contribution in [-0.2, 0) is 17.4 Å². The van der Waals surface area contributed by atoms with Gasteiger partial charge in [-0.05, 0) is 38.6 Å². The molecule has 0 saturated heterocycles. The van der Waals surface area contributed by atoms with E-state index in [1.807, 2.05) is 26.0 Å². The van der Waals surface area contributed by atoms with E-state index < -0.39 is 0 Å². The Kier molecular flexibility index (Phi) is 3.36. The fourth-order valence-electron chi connectivity index (χ4n) is 1.24. The molecule has 0 spiro atoms. The highest BCUT2D eigenvalue weighted by atomic mass is 32.1. The summed E-state index contributed by atoms with van der Waals surface area (Å²) < 4.78 is 0. The van der Waals surface area contributed by atoms with E-state index in [0.717, 1.165) is 22.3 Å². The number of nitrogen functional groups attached to an aromatic ring is 1. The normalized spacial score (nSPS) is 9.64. The fourth-order valence-corrected chi connectivity index (χ4v) is 1.47. The molecule has 2 nitrogen and oxygen atoms in total. The van der Waals surface area contributed by atoms with Crippen LogP contribution in [0.2, 0.25) is 0 Å². The summed E-state index contributed by atoms with van der Waals surface area (Å²) in [4.78, 5) is 11.8. The molecule has 0 unspecified atom stereocenters. The Morgan fingerprint density at radius 2 is 2.07 bits per heavy atom. The first-order chi connectivity index (χ1) is 6.56. The van der Waals surface area contributed by atoms with Crippen LogP contribution >= 0.6 is 0 Å². The lowest BCUT2D eigenvalue weighted by molar-refractivity contribution is -0.103. The van der Waals surface area contributed by atoms with E-state index in [1.54, 1.807) is 6.07 Å². The Balaban J connectivity index is 3.37. The lowest BCUT2D eigenvalue weighted by atomic mass is 10.0. The number of carbonyl (C=O) groups is 1. The molecule has 1 aromatic rings. The highest BCUT2D eigenvalue weighted by molar-refractivity contribution is 7.58. The predicted molar refractivity (Wildman–Crippen MR) is 63.6 cm³/mol. The summed E-state index contributed by atoms with van der Waals surface area (Å²) in [5.74, 6) is 0. The van der Waals surface area contributed by atoms with Crippen molar-refractivity contribution < 1.29 is 4.79 Å². The van der Waals surface area contributed by atoms with Gasteiger partial charge < -0.3 is 5.73 Å². The molecular weight excluding hydrogens is 194 g/mol. The second kappa shape index (κ2) is 4.33.